The fourth-order valence-corrected chi connectivity index (χ4v) is 5.98. The summed E-state index contributed by atoms with van der Waals surface area (Å²) in [4.78, 5) is 20.2. The van der Waals surface area contributed by atoms with Gasteiger partial charge in [0, 0.05) is 61.6 Å². The highest BCUT2D eigenvalue weighted by molar-refractivity contribution is 8.00. The van der Waals surface area contributed by atoms with Crippen LogP contribution in [0.3, 0.4) is 0 Å². The molecule has 0 saturated carbocycles. The second-order valence-corrected chi connectivity index (χ2v) is 9.74. The van der Waals surface area contributed by atoms with Crippen LogP contribution in [0, 0.1) is 0 Å². The van der Waals surface area contributed by atoms with Crippen molar-refractivity contribution in [2.45, 2.75) is 23.8 Å². The molecule has 2 saturated heterocycles. The molecule has 6 rings (SSSR count). The van der Waals surface area contributed by atoms with E-state index in [-0.39, 0.29) is 0 Å². The molecule has 2 fully saturated rings. The molecule has 33 heavy (non-hydrogen) atoms. The Kier molecular flexibility index (Phi) is 5.39. The minimum absolute atomic E-state index is 0.591. The van der Waals surface area contributed by atoms with Gasteiger partial charge in [-0.2, -0.15) is 0 Å². The van der Waals surface area contributed by atoms with Gasteiger partial charge in [-0.05, 0) is 67.7 Å². The number of piperazine rings is 1. The van der Waals surface area contributed by atoms with Crippen LogP contribution in [0.15, 0.2) is 66.3 Å². The average molecular weight is 458 g/mol. The first-order valence-electron chi connectivity index (χ1n) is 11.5. The number of fused-ring (bicyclic) bond motifs is 4. The third-order valence-electron chi connectivity index (χ3n) is 6.61. The second kappa shape index (κ2) is 8.68. The predicted octanol–water partition coefficient (Wildman–Crippen LogP) is 4.58. The Morgan fingerprint density at radius 3 is 2.91 bits per heavy atom. The van der Waals surface area contributed by atoms with E-state index in [0.717, 1.165) is 46.8 Å². The summed E-state index contributed by atoms with van der Waals surface area (Å²) in [6, 6.07) is 13.4. The van der Waals surface area contributed by atoms with Gasteiger partial charge in [-0.25, -0.2) is 15.0 Å². The first-order valence-corrected chi connectivity index (χ1v) is 12.3. The number of hydrogen-bond acceptors (Lipinski definition) is 8. The summed E-state index contributed by atoms with van der Waals surface area (Å²) >= 11 is 1.60. The lowest BCUT2D eigenvalue weighted by Gasteiger charge is -2.38. The predicted molar refractivity (Wildman–Crippen MR) is 135 cm³/mol. The van der Waals surface area contributed by atoms with E-state index in [1.165, 1.54) is 31.6 Å². The zero-order chi connectivity index (χ0) is 22.2. The molecule has 5 heterocycles. The molecular formula is C25H27N7S. The summed E-state index contributed by atoms with van der Waals surface area (Å²) in [7, 11) is 0. The Bertz CT molecular complexity index is 1170. The van der Waals surface area contributed by atoms with Gasteiger partial charge in [0.1, 0.15) is 5.82 Å². The highest BCUT2D eigenvalue weighted by atomic mass is 32.2. The molecule has 0 bridgehead atoms. The summed E-state index contributed by atoms with van der Waals surface area (Å²) in [6.07, 6.45) is 8.25. The lowest BCUT2D eigenvalue weighted by Crippen LogP contribution is -2.50. The van der Waals surface area contributed by atoms with Gasteiger partial charge in [0.05, 0.1) is 10.6 Å². The van der Waals surface area contributed by atoms with E-state index >= 15 is 0 Å². The van der Waals surface area contributed by atoms with Crippen molar-refractivity contribution >= 4 is 35.1 Å². The maximum absolute atomic E-state index is 4.84. The first kappa shape index (κ1) is 20.5. The van der Waals surface area contributed by atoms with Gasteiger partial charge < -0.3 is 10.2 Å². The molecule has 8 heteroatoms. The molecule has 168 valence electrons. The van der Waals surface area contributed by atoms with E-state index in [1.54, 1.807) is 11.9 Å². The lowest BCUT2D eigenvalue weighted by atomic mass is 10.1. The Morgan fingerprint density at radius 2 is 2.03 bits per heavy atom. The van der Waals surface area contributed by atoms with Crippen LogP contribution in [0.25, 0.3) is 11.3 Å². The van der Waals surface area contributed by atoms with E-state index in [9.17, 15) is 0 Å². The molecule has 1 aromatic carbocycles. The maximum Gasteiger partial charge on any atom is 0.227 e. The number of rotatable bonds is 5. The smallest absolute Gasteiger partial charge is 0.227 e. The SMILES string of the molecule is C=CCN1Sc2cnc(Nc3ccc(N4CCN5CCCC5C4)cc3)nc2-c2cccnc21. The van der Waals surface area contributed by atoms with Gasteiger partial charge in [0.25, 0.3) is 0 Å². The monoisotopic (exact) mass is 457 g/mol. The van der Waals surface area contributed by atoms with Crippen LogP contribution >= 0.6 is 11.9 Å². The molecule has 1 unspecified atom stereocenters. The van der Waals surface area contributed by atoms with E-state index in [1.807, 2.05) is 24.5 Å². The standard InChI is InChI=1S/C25H27N7S/c1-2-12-32-24-21(6-3-11-26-24)23-22(33-32)16-27-25(29-23)28-18-7-9-19(10-8-18)31-15-14-30-13-4-5-20(30)17-31/h2-3,6-11,16,20H,1,4-5,12-15,17H2,(H,27,28,29). The second-order valence-electron chi connectivity index (χ2n) is 8.67. The summed E-state index contributed by atoms with van der Waals surface area (Å²) in [5, 5.41) is 3.38. The molecule has 7 nitrogen and oxygen atoms in total. The molecule has 0 amide bonds. The number of pyridine rings is 1. The van der Waals surface area contributed by atoms with E-state index in [0.29, 0.717) is 12.5 Å². The lowest BCUT2D eigenvalue weighted by molar-refractivity contribution is 0.231. The van der Waals surface area contributed by atoms with Crippen LogP contribution in [0.2, 0.25) is 0 Å². The highest BCUT2D eigenvalue weighted by Crippen LogP contribution is 2.44. The van der Waals surface area contributed by atoms with Gasteiger partial charge in [-0.3, -0.25) is 9.21 Å². The summed E-state index contributed by atoms with van der Waals surface area (Å²) < 4.78 is 2.12. The number of nitrogens with one attached hydrogen (secondary N) is 1. The maximum atomic E-state index is 4.84. The molecular weight excluding hydrogens is 430 g/mol. The topological polar surface area (TPSA) is 60.4 Å². The van der Waals surface area contributed by atoms with Crippen molar-refractivity contribution in [1.82, 2.24) is 19.9 Å². The van der Waals surface area contributed by atoms with Crippen molar-refractivity contribution in [2.75, 3.05) is 47.2 Å². The number of hydrogen-bond donors (Lipinski definition) is 1. The van der Waals surface area contributed by atoms with E-state index in [2.05, 4.69) is 66.3 Å². The van der Waals surface area contributed by atoms with Crippen LogP contribution < -0.4 is 14.5 Å². The largest absolute Gasteiger partial charge is 0.369 e. The summed E-state index contributed by atoms with van der Waals surface area (Å²) in [6.45, 7) is 9.25. The van der Waals surface area contributed by atoms with Gasteiger partial charge in [-0.15, -0.1) is 6.58 Å². The zero-order valence-electron chi connectivity index (χ0n) is 18.5. The third-order valence-corrected chi connectivity index (χ3v) is 7.65. The van der Waals surface area contributed by atoms with Crippen LogP contribution in [-0.2, 0) is 0 Å². The van der Waals surface area contributed by atoms with Crippen molar-refractivity contribution in [3.05, 3.63) is 61.4 Å². The Morgan fingerprint density at radius 1 is 1.12 bits per heavy atom. The normalized spacial score (nSPS) is 19.6. The molecule has 3 aliphatic heterocycles. The quantitative estimate of drug-likeness (QED) is 0.441. The van der Waals surface area contributed by atoms with Crippen molar-refractivity contribution in [3.63, 3.8) is 0 Å². The van der Waals surface area contributed by atoms with E-state index in [4.69, 9.17) is 4.98 Å². The Labute approximate surface area is 198 Å². The molecule has 1 atom stereocenters. The molecule has 1 N–H and O–H groups in total. The molecule has 0 radical (unpaired) electrons. The molecule has 0 spiro atoms. The zero-order valence-corrected chi connectivity index (χ0v) is 19.3. The van der Waals surface area contributed by atoms with Gasteiger partial charge in [0.2, 0.25) is 5.95 Å². The molecule has 2 aromatic heterocycles. The summed E-state index contributed by atoms with van der Waals surface area (Å²) in [5.74, 6) is 1.50. The number of anilines is 4. The van der Waals surface area contributed by atoms with E-state index < -0.39 is 0 Å². The van der Waals surface area contributed by atoms with Crippen LogP contribution in [0.4, 0.5) is 23.1 Å². The third kappa shape index (κ3) is 3.94. The molecule has 0 aliphatic carbocycles. The molecule has 3 aliphatic rings. The highest BCUT2D eigenvalue weighted by Gasteiger charge is 2.30. The van der Waals surface area contributed by atoms with Gasteiger partial charge in [-0.1, -0.05) is 6.08 Å². The van der Waals surface area contributed by atoms with Gasteiger partial charge >= 0.3 is 0 Å². The Hall–Kier alpha value is -3.10. The van der Waals surface area contributed by atoms with Crippen molar-refractivity contribution in [3.8, 4) is 11.3 Å². The average Bonchev–Trinajstić information content (AvgIpc) is 3.33. The van der Waals surface area contributed by atoms with Crippen LogP contribution in [0.1, 0.15) is 12.8 Å². The summed E-state index contributed by atoms with van der Waals surface area (Å²) in [5.41, 5.74) is 4.20. The minimum atomic E-state index is 0.591. The minimum Gasteiger partial charge on any atom is -0.369 e. The fourth-order valence-electron chi connectivity index (χ4n) is 4.98. The van der Waals surface area contributed by atoms with Crippen LogP contribution in [-0.4, -0.2) is 58.6 Å². The van der Waals surface area contributed by atoms with Crippen molar-refractivity contribution in [1.29, 1.82) is 0 Å². The fraction of sp³-hybridized carbons (Fsp3) is 0.320. The van der Waals surface area contributed by atoms with Crippen molar-refractivity contribution in [2.24, 2.45) is 0 Å². The van der Waals surface area contributed by atoms with Crippen LogP contribution in [0.5, 0.6) is 0 Å². The van der Waals surface area contributed by atoms with Gasteiger partial charge in [0.15, 0.2) is 0 Å². The Balaban J connectivity index is 1.20. The molecule has 3 aromatic rings. The number of benzene rings is 1. The number of nitrogens with zero attached hydrogens (tertiary/aromatic N) is 6. The first-order chi connectivity index (χ1) is 16.3. The number of aromatic nitrogens is 3. The van der Waals surface area contributed by atoms with Crippen molar-refractivity contribution < 1.29 is 0 Å².